The van der Waals surface area contributed by atoms with E-state index >= 15 is 0 Å². The number of rotatable bonds is 1. The Hall–Kier alpha value is -1.30. The van der Waals surface area contributed by atoms with Gasteiger partial charge in [0, 0.05) is 13.2 Å². The third-order valence-electron chi connectivity index (χ3n) is 1.82. The maximum absolute atomic E-state index is 10.6. The molecule has 1 atom stereocenters. The van der Waals surface area contributed by atoms with Gasteiger partial charge in [-0.25, -0.2) is 9.59 Å². The lowest BCUT2D eigenvalue weighted by molar-refractivity contribution is -0.150. The van der Waals surface area contributed by atoms with Crippen LogP contribution in [0.25, 0.3) is 0 Å². The van der Waals surface area contributed by atoms with Crippen molar-refractivity contribution in [3.8, 4) is 0 Å². The second-order valence-corrected chi connectivity index (χ2v) is 2.78. The van der Waals surface area contributed by atoms with E-state index in [1.165, 1.54) is 0 Å². The number of hydrogen-bond acceptors (Lipinski definition) is 3. The molecule has 1 fully saturated rings. The van der Waals surface area contributed by atoms with Crippen LogP contribution in [0.15, 0.2) is 0 Å². The summed E-state index contributed by atoms with van der Waals surface area (Å²) in [5.41, 5.74) is 0. The van der Waals surface area contributed by atoms with Gasteiger partial charge in [0.05, 0.1) is 6.54 Å². The van der Waals surface area contributed by atoms with Crippen molar-refractivity contribution in [1.29, 1.82) is 0 Å². The summed E-state index contributed by atoms with van der Waals surface area (Å²) in [4.78, 5) is 22.1. The molecular weight excluding hydrogens is 178 g/mol. The van der Waals surface area contributed by atoms with Gasteiger partial charge in [-0.3, -0.25) is 0 Å². The van der Waals surface area contributed by atoms with Gasteiger partial charge in [-0.2, -0.15) is 0 Å². The summed E-state index contributed by atoms with van der Waals surface area (Å²) in [7, 11) is 0. The molecule has 13 heavy (non-hydrogen) atoms. The van der Waals surface area contributed by atoms with Gasteiger partial charge >= 0.3 is 12.1 Å². The van der Waals surface area contributed by atoms with Crippen LogP contribution in [0.3, 0.4) is 0 Å². The summed E-state index contributed by atoms with van der Waals surface area (Å²) >= 11 is 0. The van der Waals surface area contributed by atoms with Crippen LogP contribution < -0.4 is 0 Å². The zero-order chi connectivity index (χ0) is 9.84. The van der Waals surface area contributed by atoms with E-state index < -0.39 is 18.2 Å². The van der Waals surface area contributed by atoms with Crippen LogP contribution in [0.1, 0.15) is 6.42 Å². The van der Waals surface area contributed by atoms with Gasteiger partial charge in [0.2, 0.25) is 0 Å². The molecule has 1 saturated heterocycles. The SMILES string of the molecule is O=C(O)[C@@H]1CN(C(=O)O)CCCO1. The summed E-state index contributed by atoms with van der Waals surface area (Å²) < 4.78 is 4.94. The Balaban J connectivity index is 2.59. The zero-order valence-corrected chi connectivity index (χ0v) is 6.97. The lowest BCUT2D eigenvalue weighted by atomic mass is 10.3. The Morgan fingerprint density at radius 1 is 1.38 bits per heavy atom. The maximum atomic E-state index is 10.6. The standard InChI is InChI=1S/C7H11NO5/c9-6(10)5-4-8(7(11)12)2-1-3-13-5/h5H,1-4H2,(H,9,10)(H,11,12)/t5-/m0/s1. The number of aliphatic carboxylic acids is 1. The van der Waals surface area contributed by atoms with Crippen molar-refractivity contribution in [3.63, 3.8) is 0 Å². The minimum atomic E-state index is -1.12. The maximum Gasteiger partial charge on any atom is 0.407 e. The van der Waals surface area contributed by atoms with Crippen LogP contribution in [-0.2, 0) is 9.53 Å². The lowest BCUT2D eigenvalue weighted by Gasteiger charge is -2.17. The fraction of sp³-hybridized carbons (Fsp3) is 0.714. The average Bonchev–Trinajstić information content (AvgIpc) is 2.28. The topological polar surface area (TPSA) is 87.1 Å². The van der Waals surface area contributed by atoms with Gasteiger partial charge in [-0.15, -0.1) is 0 Å². The number of hydrogen-bond donors (Lipinski definition) is 2. The van der Waals surface area contributed by atoms with Crippen LogP contribution in [0.5, 0.6) is 0 Å². The van der Waals surface area contributed by atoms with Crippen LogP contribution in [0.4, 0.5) is 4.79 Å². The molecule has 0 aromatic carbocycles. The fourth-order valence-corrected chi connectivity index (χ4v) is 1.15. The molecule has 1 aliphatic rings. The van der Waals surface area contributed by atoms with Crippen molar-refractivity contribution in [3.05, 3.63) is 0 Å². The number of ether oxygens (including phenoxy) is 1. The van der Waals surface area contributed by atoms with E-state index in [2.05, 4.69) is 0 Å². The first-order valence-corrected chi connectivity index (χ1v) is 3.93. The molecule has 6 nitrogen and oxygen atoms in total. The molecule has 0 aliphatic carbocycles. The van der Waals surface area contributed by atoms with Crippen molar-refractivity contribution in [1.82, 2.24) is 4.90 Å². The molecule has 74 valence electrons. The predicted molar refractivity (Wildman–Crippen MR) is 41.6 cm³/mol. The third-order valence-corrected chi connectivity index (χ3v) is 1.82. The third kappa shape index (κ3) is 2.59. The molecule has 0 bridgehead atoms. The molecule has 0 aromatic rings. The summed E-state index contributed by atoms with van der Waals surface area (Å²) in [5, 5.41) is 17.3. The normalized spacial score (nSPS) is 23.7. The average molecular weight is 189 g/mol. The van der Waals surface area contributed by atoms with Crippen LogP contribution in [-0.4, -0.2) is 53.0 Å². The number of carboxylic acids is 1. The first-order chi connectivity index (χ1) is 6.11. The zero-order valence-electron chi connectivity index (χ0n) is 6.97. The monoisotopic (exact) mass is 189 g/mol. The molecule has 1 heterocycles. The van der Waals surface area contributed by atoms with E-state index in [1.807, 2.05) is 0 Å². The highest BCUT2D eigenvalue weighted by Gasteiger charge is 2.26. The highest BCUT2D eigenvalue weighted by molar-refractivity contribution is 5.74. The van der Waals surface area contributed by atoms with E-state index in [0.29, 0.717) is 19.6 Å². The molecule has 0 saturated carbocycles. The molecule has 0 radical (unpaired) electrons. The summed E-state index contributed by atoms with van der Waals surface area (Å²) in [6.45, 7) is 0.532. The van der Waals surface area contributed by atoms with E-state index in [0.717, 1.165) is 4.90 Å². The number of carbonyl (C=O) groups is 2. The van der Waals surface area contributed by atoms with Gasteiger partial charge in [-0.05, 0) is 6.42 Å². The number of carboxylic acid groups (broad SMARTS) is 2. The van der Waals surface area contributed by atoms with Crippen molar-refractivity contribution >= 4 is 12.1 Å². The molecule has 6 heteroatoms. The molecule has 1 amide bonds. The van der Waals surface area contributed by atoms with E-state index in [-0.39, 0.29) is 6.54 Å². The molecular formula is C7H11NO5. The van der Waals surface area contributed by atoms with Crippen LogP contribution in [0, 0.1) is 0 Å². The minimum Gasteiger partial charge on any atom is -0.479 e. The smallest absolute Gasteiger partial charge is 0.407 e. The molecule has 2 N–H and O–H groups in total. The second kappa shape index (κ2) is 4.08. The van der Waals surface area contributed by atoms with Gasteiger partial charge in [-0.1, -0.05) is 0 Å². The molecule has 1 aliphatic heterocycles. The number of nitrogens with zero attached hydrogens (tertiary/aromatic N) is 1. The highest BCUT2D eigenvalue weighted by Crippen LogP contribution is 2.05. The lowest BCUT2D eigenvalue weighted by Crippen LogP contribution is -2.39. The Labute approximate surface area is 74.7 Å². The highest BCUT2D eigenvalue weighted by atomic mass is 16.5. The van der Waals surface area contributed by atoms with Crippen molar-refractivity contribution in [2.24, 2.45) is 0 Å². The summed E-state index contributed by atoms with van der Waals surface area (Å²) in [6, 6.07) is 0. The fourth-order valence-electron chi connectivity index (χ4n) is 1.15. The Morgan fingerprint density at radius 3 is 2.62 bits per heavy atom. The molecule has 0 unspecified atom stereocenters. The molecule has 0 spiro atoms. The van der Waals surface area contributed by atoms with E-state index in [9.17, 15) is 9.59 Å². The Bertz CT molecular complexity index is 195. The van der Waals surface area contributed by atoms with Crippen LogP contribution >= 0.6 is 0 Å². The summed E-state index contributed by atoms with van der Waals surface area (Å²) in [5.74, 6) is -1.12. The van der Waals surface area contributed by atoms with Gasteiger partial charge in [0.1, 0.15) is 0 Å². The number of amides is 1. The van der Waals surface area contributed by atoms with Gasteiger partial charge in [0.25, 0.3) is 0 Å². The second-order valence-electron chi connectivity index (χ2n) is 2.78. The first-order valence-electron chi connectivity index (χ1n) is 3.93. The van der Waals surface area contributed by atoms with Crippen molar-refractivity contribution in [2.45, 2.75) is 12.5 Å². The summed E-state index contributed by atoms with van der Waals surface area (Å²) in [6.07, 6.45) is -1.59. The van der Waals surface area contributed by atoms with Crippen LogP contribution in [0.2, 0.25) is 0 Å². The van der Waals surface area contributed by atoms with Crippen molar-refractivity contribution < 1.29 is 24.5 Å². The largest absolute Gasteiger partial charge is 0.479 e. The quantitative estimate of drug-likeness (QED) is 0.598. The molecule has 1 rings (SSSR count). The molecule has 0 aromatic heterocycles. The van der Waals surface area contributed by atoms with E-state index in [4.69, 9.17) is 14.9 Å². The van der Waals surface area contributed by atoms with Gasteiger partial charge in [0.15, 0.2) is 6.10 Å². The minimum absolute atomic E-state index is 0.0926. The Morgan fingerprint density at radius 2 is 2.08 bits per heavy atom. The van der Waals surface area contributed by atoms with E-state index in [1.54, 1.807) is 0 Å². The first kappa shape index (κ1) is 9.79. The predicted octanol–water partition coefficient (Wildman–Crippen LogP) is -0.160. The van der Waals surface area contributed by atoms with Gasteiger partial charge < -0.3 is 19.8 Å². The Kier molecular flexibility index (Phi) is 3.07. The van der Waals surface area contributed by atoms with Crippen molar-refractivity contribution in [2.75, 3.05) is 19.7 Å².